The van der Waals surface area contributed by atoms with Crippen molar-refractivity contribution in [2.24, 2.45) is 0 Å². The fourth-order valence-electron chi connectivity index (χ4n) is 2.08. The molecule has 2 rings (SSSR count). The Morgan fingerprint density at radius 1 is 1.60 bits per heavy atom. The van der Waals surface area contributed by atoms with Crippen LogP contribution < -0.4 is 5.56 Å². The van der Waals surface area contributed by atoms with Gasteiger partial charge in [0.2, 0.25) is 0 Å². The van der Waals surface area contributed by atoms with Crippen LogP contribution in [0.5, 0.6) is 0 Å². The largest absolute Gasteiger partial charge is 0.462 e. The number of hydrogen-bond acceptors (Lipinski definition) is 6. The van der Waals surface area contributed by atoms with Gasteiger partial charge in [0.15, 0.2) is 0 Å². The lowest BCUT2D eigenvalue weighted by molar-refractivity contribution is -0.0327. The van der Waals surface area contributed by atoms with Crippen molar-refractivity contribution in [2.45, 2.75) is 20.0 Å². The van der Waals surface area contributed by atoms with E-state index in [-0.39, 0.29) is 18.3 Å². The third-order valence-electron chi connectivity index (χ3n) is 3.22. The van der Waals surface area contributed by atoms with Crippen molar-refractivity contribution < 1.29 is 14.3 Å². The van der Waals surface area contributed by atoms with Crippen LogP contribution in [0.3, 0.4) is 0 Å². The molecule has 1 atom stereocenters. The van der Waals surface area contributed by atoms with Crippen LogP contribution in [-0.4, -0.2) is 53.7 Å². The van der Waals surface area contributed by atoms with Crippen molar-refractivity contribution in [1.82, 2.24) is 14.9 Å². The van der Waals surface area contributed by atoms with Crippen LogP contribution in [0.1, 0.15) is 36.1 Å². The second-order valence-corrected chi connectivity index (χ2v) is 4.48. The van der Waals surface area contributed by atoms with E-state index in [9.17, 15) is 9.59 Å². The first-order chi connectivity index (χ1) is 9.65. The summed E-state index contributed by atoms with van der Waals surface area (Å²) in [5, 5.41) is 0. The summed E-state index contributed by atoms with van der Waals surface area (Å²) >= 11 is 0. The van der Waals surface area contributed by atoms with E-state index < -0.39 is 11.5 Å². The van der Waals surface area contributed by atoms with E-state index >= 15 is 0 Å². The number of aromatic amines is 1. The number of likely N-dealkylation sites (N-methyl/N-ethyl adjacent to an activating group) is 1. The SMILES string of the molecule is CCOC(=O)c1cnc(C2CN(CC)CCO2)[nH]c1=O. The lowest BCUT2D eigenvalue weighted by Gasteiger charge is -2.31. The number of aromatic nitrogens is 2. The topological polar surface area (TPSA) is 84.5 Å². The Morgan fingerprint density at radius 2 is 2.40 bits per heavy atom. The number of carbonyl (C=O) groups excluding carboxylic acids is 1. The lowest BCUT2D eigenvalue weighted by atomic mass is 10.2. The summed E-state index contributed by atoms with van der Waals surface area (Å²) in [6, 6.07) is 0. The van der Waals surface area contributed by atoms with Crippen molar-refractivity contribution >= 4 is 5.97 Å². The van der Waals surface area contributed by atoms with Crippen LogP contribution in [0.25, 0.3) is 0 Å². The molecule has 1 aromatic rings. The van der Waals surface area contributed by atoms with Gasteiger partial charge in [-0.05, 0) is 13.5 Å². The Labute approximate surface area is 116 Å². The Hall–Kier alpha value is -1.73. The van der Waals surface area contributed by atoms with Gasteiger partial charge in [0, 0.05) is 19.3 Å². The van der Waals surface area contributed by atoms with E-state index in [4.69, 9.17) is 9.47 Å². The molecule has 0 spiro atoms. The lowest BCUT2D eigenvalue weighted by Crippen LogP contribution is -2.39. The number of morpholine rings is 1. The van der Waals surface area contributed by atoms with E-state index in [0.717, 1.165) is 13.1 Å². The predicted molar refractivity (Wildman–Crippen MR) is 71.6 cm³/mol. The minimum atomic E-state index is -0.660. The van der Waals surface area contributed by atoms with Gasteiger partial charge in [0.1, 0.15) is 17.5 Å². The molecule has 0 bridgehead atoms. The predicted octanol–water partition coefficient (Wildman–Crippen LogP) is 0.340. The van der Waals surface area contributed by atoms with E-state index in [1.54, 1.807) is 6.92 Å². The van der Waals surface area contributed by atoms with Gasteiger partial charge in [-0.3, -0.25) is 9.69 Å². The van der Waals surface area contributed by atoms with E-state index in [1.807, 2.05) is 0 Å². The quantitative estimate of drug-likeness (QED) is 0.801. The second-order valence-electron chi connectivity index (χ2n) is 4.48. The molecule has 0 aliphatic carbocycles. The third kappa shape index (κ3) is 3.23. The van der Waals surface area contributed by atoms with E-state index in [0.29, 0.717) is 19.0 Å². The van der Waals surface area contributed by atoms with Crippen molar-refractivity contribution in [1.29, 1.82) is 0 Å². The zero-order valence-corrected chi connectivity index (χ0v) is 11.7. The fraction of sp³-hybridized carbons (Fsp3) is 0.615. The summed E-state index contributed by atoms with van der Waals surface area (Å²) < 4.78 is 10.4. The molecule has 1 aliphatic heterocycles. The summed E-state index contributed by atoms with van der Waals surface area (Å²) in [6.45, 7) is 7.05. The first-order valence-electron chi connectivity index (χ1n) is 6.76. The normalized spacial score (nSPS) is 19.8. The average Bonchev–Trinajstić information content (AvgIpc) is 2.47. The molecule has 0 amide bonds. The van der Waals surface area contributed by atoms with Crippen molar-refractivity contribution in [3.05, 3.63) is 27.9 Å². The molecule has 7 heteroatoms. The molecule has 0 saturated carbocycles. The summed E-state index contributed by atoms with van der Waals surface area (Å²) in [6.07, 6.45) is 0.980. The van der Waals surface area contributed by atoms with Gasteiger partial charge >= 0.3 is 5.97 Å². The number of nitrogens with one attached hydrogen (secondary N) is 1. The summed E-state index contributed by atoms with van der Waals surface area (Å²) in [5.74, 6) is -0.214. The molecule has 1 unspecified atom stereocenters. The molecule has 1 aromatic heterocycles. The highest BCUT2D eigenvalue weighted by molar-refractivity contribution is 5.88. The highest BCUT2D eigenvalue weighted by Gasteiger charge is 2.24. The zero-order chi connectivity index (χ0) is 14.5. The van der Waals surface area contributed by atoms with Crippen molar-refractivity contribution in [2.75, 3.05) is 32.8 Å². The fourth-order valence-corrected chi connectivity index (χ4v) is 2.08. The smallest absolute Gasteiger partial charge is 0.345 e. The summed E-state index contributed by atoms with van der Waals surface area (Å²) in [7, 11) is 0. The molecule has 2 heterocycles. The minimum Gasteiger partial charge on any atom is -0.462 e. The number of rotatable bonds is 4. The molecule has 20 heavy (non-hydrogen) atoms. The van der Waals surface area contributed by atoms with Crippen LogP contribution in [0, 0.1) is 0 Å². The van der Waals surface area contributed by atoms with E-state index in [2.05, 4.69) is 21.8 Å². The number of carbonyl (C=O) groups is 1. The highest BCUT2D eigenvalue weighted by Crippen LogP contribution is 2.17. The van der Waals surface area contributed by atoms with Gasteiger partial charge in [-0.2, -0.15) is 0 Å². The molecule has 1 saturated heterocycles. The molecule has 110 valence electrons. The molecule has 0 radical (unpaired) electrons. The standard InChI is InChI=1S/C13H19N3O4/c1-3-16-5-6-20-10(8-16)11-14-7-9(12(17)15-11)13(18)19-4-2/h7,10H,3-6,8H2,1-2H3,(H,14,15,17). The van der Waals surface area contributed by atoms with Gasteiger partial charge in [0.05, 0.1) is 13.2 Å². The number of hydrogen-bond donors (Lipinski definition) is 1. The molecule has 7 nitrogen and oxygen atoms in total. The van der Waals surface area contributed by atoms with Crippen molar-refractivity contribution in [3.63, 3.8) is 0 Å². The Kier molecular flexibility index (Phi) is 4.86. The maximum atomic E-state index is 11.9. The van der Waals surface area contributed by atoms with Crippen LogP contribution >= 0.6 is 0 Å². The summed E-state index contributed by atoms with van der Waals surface area (Å²) in [5.41, 5.74) is -0.579. The number of nitrogens with zero attached hydrogens (tertiary/aromatic N) is 2. The molecular formula is C13H19N3O4. The van der Waals surface area contributed by atoms with Crippen molar-refractivity contribution in [3.8, 4) is 0 Å². The molecular weight excluding hydrogens is 262 g/mol. The average molecular weight is 281 g/mol. The Morgan fingerprint density at radius 3 is 3.05 bits per heavy atom. The Balaban J connectivity index is 2.16. The second kappa shape index (κ2) is 6.62. The maximum Gasteiger partial charge on any atom is 0.345 e. The molecule has 1 fully saturated rings. The molecule has 1 N–H and O–H groups in total. The van der Waals surface area contributed by atoms with Crippen LogP contribution in [0.4, 0.5) is 0 Å². The first kappa shape index (κ1) is 14.7. The van der Waals surface area contributed by atoms with Gasteiger partial charge < -0.3 is 14.5 Å². The highest BCUT2D eigenvalue weighted by atomic mass is 16.5. The van der Waals surface area contributed by atoms with Crippen LogP contribution in [0.15, 0.2) is 11.0 Å². The van der Waals surface area contributed by atoms with Crippen LogP contribution in [-0.2, 0) is 9.47 Å². The number of ether oxygens (including phenoxy) is 2. The number of esters is 1. The number of H-pyrrole nitrogens is 1. The molecule has 1 aliphatic rings. The van der Waals surface area contributed by atoms with E-state index in [1.165, 1.54) is 6.20 Å². The minimum absolute atomic E-state index is 0.0845. The summed E-state index contributed by atoms with van der Waals surface area (Å²) in [4.78, 5) is 32.4. The molecule has 0 aromatic carbocycles. The van der Waals surface area contributed by atoms with Crippen LogP contribution in [0.2, 0.25) is 0 Å². The Bertz CT molecular complexity index is 529. The van der Waals surface area contributed by atoms with Gasteiger partial charge in [-0.15, -0.1) is 0 Å². The van der Waals surface area contributed by atoms with Gasteiger partial charge in [0.25, 0.3) is 5.56 Å². The monoisotopic (exact) mass is 281 g/mol. The third-order valence-corrected chi connectivity index (χ3v) is 3.22. The van der Waals surface area contributed by atoms with Gasteiger partial charge in [-0.1, -0.05) is 6.92 Å². The first-order valence-corrected chi connectivity index (χ1v) is 6.76. The maximum absolute atomic E-state index is 11.9. The zero-order valence-electron chi connectivity index (χ0n) is 11.7. The van der Waals surface area contributed by atoms with Gasteiger partial charge in [-0.25, -0.2) is 9.78 Å².